The largest absolute Gasteiger partial charge is 0.490 e. The molecule has 0 aliphatic heterocycles. The second-order valence-corrected chi connectivity index (χ2v) is 14.3. The number of hydrogen-bond donors (Lipinski definition) is 5. The first-order valence-electron chi connectivity index (χ1n) is 16.3. The van der Waals surface area contributed by atoms with Crippen molar-refractivity contribution in [2.24, 2.45) is 0 Å². The van der Waals surface area contributed by atoms with E-state index in [1.807, 2.05) is 30.6 Å². The smallest absolute Gasteiger partial charge is 0.219 e. The van der Waals surface area contributed by atoms with Crippen LogP contribution in [0.5, 0.6) is 5.75 Å². The highest BCUT2D eigenvalue weighted by molar-refractivity contribution is 7.99. The van der Waals surface area contributed by atoms with E-state index < -0.39 is 31.0 Å². The van der Waals surface area contributed by atoms with Crippen molar-refractivity contribution in [3.63, 3.8) is 0 Å². The molecule has 5 N–H and O–H groups in total. The molecule has 0 saturated heterocycles. The summed E-state index contributed by atoms with van der Waals surface area (Å²) in [5.41, 5.74) is 4.71. The Morgan fingerprint density at radius 2 is 1.81 bits per heavy atom. The molecule has 0 radical (unpaired) electrons. The maximum Gasteiger partial charge on any atom is 0.219 e. The molecule has 0 spiro atoms. The van der Waals surface area contributed by atoms with Crippen LogP contribution in [-0.4, -0.2) is 97.3 Å². The average molecular weight is 685 g/mol. The topological polar surface area (TPSA) is 144 Å². The van der Waals surface area contributed by atoms with E-state index in [9.17, 15) is 25.2 Å². The molecule has 5 rings (SSSR count). The molecule has 2 saturated carbocycles. The van der Waals surface area contributed by atoms with Gasteiger partial charge in [-0.1, -0.05) is 29.8 Å². The average Bonchev–Trinajstić information content (AvgIpc) is 4.02. The van der Waals surface area contributed by atoms with Gasteiger partial charge >= 0.3 is 0 Å². The van der Waals surface area contributed by atoms with Crippen LogP contribution < -0.4 is 4.74 Å². The Labute approximate surface area is 285 Å². The number of amides is 1. The molecule has 2 aliphatic rings. The van der Waals surface area contributed by atoms with Crippen molar-refractivity contribution < 1.29 is 35.1 Å². The molecule has 1 amide bonds. The zero-order valence-electron chi connectivity index (χ0n) is 26.7. The molecule has 2 fully saturated rings. The van der Waals surface area contributed by atoms with Crippen molar-refractivity contribution in [3.8, 4) is 16.9 Å². The van der Waals surface area contributed by atoms with Gasteiger partial charge in [0.15, 0.2) is 0 Å². The first kappa shape index (κ1) is 35.6. The van der Waals surface area contributed by atoms with Crippen LogP contribution in [0.15, 0.2) is 65.8 Å². The minimum absolute atomic E-state index is 0.0449. The van der Waals surface area contributed by atoms with E-state index >= 15 is 0 Å². The van der Waals surface area contributed by atoms with Gasteiger partial charge in [0.05, 0.1) is 12.7 Å². The van der Waals surface area contributed by atoms with Gasteiger partial charge in [-0.3, -0.25) is 9.78 Å². The summed E-state index contributed by atoms with van der Waals surface area (Å²) in [5.74, 6) is 1.36. The van der Waals surface area contributed by atoms with E-state index in [1.54, 1.807) is 11.8 Å². The molecule has 3 aromatic rings. The third-order valence-electron chi connectivity index (χ3n) is 9.15. The second kappa shape index (κ2) is 16.1. The highest BCUT2D eigenvalue weighted by atomic mass is 35.5. The number of para-hydroxylation sites is 1. The third kappa shape index (κ3) is 9.26. The molecule has 9 nitrogen and oxygen atoms in total. The van der Waals surface area contributed by atoms with Gasteiger partial charge in [0.1, 0.15) is 30.2 Å². The Balaban J connectivity index is 1.17. The van der Waals surface area contributed by atoms with Gasteiger partial charge in [0.25, 0.3) is 0 Å². The molecular weight excluding hydrogens is 640 g/mol. The fourth-order valence-electron chi connectivity index (χ4n) is 5.94. The minimum Gasteiger partial charge on any atom is -0.490 e. The van der Waals surface area contributed by atoms with Crippen LogP contribution in [0.25, 0.3) is 11.1 Å². The second-order valence-electron chi connectivity index (χ2n) is 12.7. The number of nitrogens with zero attached hydrogens (tertiary/aromatic N) is 2. The first-order valence-corrected chi connectivity index (χ1v) is 17.7. The van der Waals surface area contributed by atoms with E-state index in [4.69, 9.17) is 21.4 Å². The molecule has 0 unspecified atom stereocenters. The third-order valence-corrected chi connectivity index (χ3v) is 10.6. The van der Waals surface area contributed by atoms with Gasteiger partial charge in [-0.25, -0.2) is 0 Å². The number of pyridine rings is 1. The fourth-order valence-corrected chi connectivity index (χ4v) is 7.05. The summed E-state index contributed by atoms with van der Waals surface area (Å²) in [6, 6.07) is 16.5. The van der Waals surface area contributed by atoms with Crippen LogP contribution in [0.1, 0.15) is 56.6 Å². The summed E-state index contributed by atoms with van der Waals surface area (Å²) in [6.07, 6.45) is 4.51. The molecule has 1 aromatic heterocycles. The zero-order chi connectivity index (χ0) is 33.6. The highest BCUT2D eigenvalue weighted by Gasteiger charge is 2.45. The first-order chi connectivity index (χ1) is 22.6. The maximum atomic E-state index is 12.2. The number of rotatable bonds is 18. The number of carbonyl (C=O) groups is 1. The zero-order valence-corrected chi connectivity index (χ0v) is 28.2. The molecule has 0 bridgehead atoms. The van der Waals surface area contributed by atoms with Crippen molar-refractivity contribution in [2.75, 3.05) is 25.4 Å². The predicted molar refractivity (Wildman–Crippen MR) is 183 cm³/mol. The number of halogens is 1. The predicted octanol–water partition coefficient (Wildman–Crippen LogP) is 4.37. The van der Waals surface area contributed by atoms with E-state index in [0.717, 1.165) is 65.3 Å². The number of benzene rings is 2. The Bertz CT molecular complexity index is 1500. The van der Waals surface area contributed by atoms with Crippen molar-refractivity contribution in [1.82, 2.24) is 9.88 Å². The van der Waals surface area contributed by atoms with Crippen LogP contribution in [-0.2, 0) is 16.6 Å². The Morgan fingerprint density at radius 1 is 1.06 bits per heavy atom. The van der Waals surface area contributed by atoms with Crippen molar-refractivity contribution in [3.05, 3.63) is 77.1 Å². The Kier molecular flexibility index (Phi) is 12.2. The number of ether oxygens (including phenoxy) is 1. The van der Waals surface area contributed by atoms with Gasteiger partial charge in [-0.05, 0) is 103 Å². The quantitative estimate of drug-likeness (QED) is 0.0975. The number of carbonyl (C=O) groups excluding carboxylic acids is 1. The lowest BCUT2D eigenvalue weighted by Crippen LogP contribution is -2.50. The van der Waals surface area contributed by atoms with Crippen LogP contribution in [0, 0.1) is 0 Å². The lowest BCUT2D eigenvalue weighted by atomic mass is 9.85. The molecule has 47 heavy (non-hydrogen) atoms. The van der Waals surface area contributed by atoms with E-state index in [0.29, 0.717) is 24.8 Å². The molecule has 11 heteroatoms. The van der Waals surface area contributed by atoms with E-state index in [1.165, 1.54) is 23.0 Å². The number of aromatic nitrogens is 1. The lowest BCUT2D eigenvalue weighted by Gasteiger charge is -2.30. The molecule has 4 atom stereocenters. The summed E-state index contributed by atoms with van der Waals surface area (Å²) in [5, 5.41) is 49.6. The summed E-state index contributed by atoms with van der Waals surface area (Å²) in [4.78, 5) is 19.2. The SMILES string of the molecule is CC(=O)N(CCCSc1ccc(Cl)c(CCC2(c3cnccc3-c3ccccc3OC3CC3)CC2)c1)C[C@H](O)[C@@H](O)[C@H](O)[C@H](O)CO. The summed E-state index contributed by atoms with van der Waals surface area (Å²) < 4.78 is 6.26. The number of aryl methyl sites for hydroxylation is 1. The standard InChI is InChI=1S/C36H45ClN2O7S/c1-23(41)39(21-31(42)34(44)35(45)32(43)22-40)17-4-18-47-26-9-10-30(37)24(19-26)11-13-36(14-15-36)29-20-38-16-12-27(29)28-5-2-3-6-33(28)46-25-7-8-25/h2-3,5-6,9-10,12,16,19-20,25,31-32,34-35,40,42-45H,4,7-8,11,13-15,17-18,21-22H2,1H3/t31-,32+,34+,35+/m0/s1. The fraction of sp³-hybridized carbons (Fsp3) is 0.500. The van der Waals surface area contributed by atoms with Crippen LogP contribution in [0.3, 0.4) is 0 Å². The number of hydrogen-bond acceptors (Lipinski definition) is 9. The van der Waals surface area contributed by atoms with Gasteiger partial charge in [-0.15, -0.1) is 11.8 Å². The number of thioether (sulfide) groups is 1. The molecule has 254 valence electrons. The normalized spacial score (nSPS) is 17.9. The lowest BCUT2D eigenvalue weighted by molar-refractivity contribution is -0.137. The Hall–Kier alpha value is -2.70. The van der Waals surface area contributed by atoms with Crippen LogP contribution >= 0.6 is 23.4 Å². The van der Waals surface area contributed by atoms with Crippen LogP contribution in [0.4, 0.5) is 0 Å². The van der Waals surface area contributed by atoms with Gasteiger partial charge in [0, 0.05) is 47.9 Å². The van der Waals surface area contributed by atoms with Crippen molar-refractivity contribution in [1.29, 1.82) is 0 Å². The Morgan fingerprint density at radius 3 is 2.51 bits per heavy atom. The highest BCUT2D eigenvalue weighted by Crippen LogP contribution is 2.55. The van der Waals surface area contributed by atoms with Crippen molar-refractivity contribution >= 4 is 29.3 Å². The van der Waals surface area contributed by atoms with E-state index in [2.05, 4.69) is 35.3 Å². The monoisotopic (exact) mass is 684 g/mol. The minimum atomic E-state index is -1.73. The molecule has 1 heterocycles. The molecule has 2 aromatic carbocycles. The van der Waals surface area contributed by atoms with Crippen LogP contribution in [0.2, 0.25) is 5.02 Å². The molecular formula is C36H45ClN2O7S. The van der Waals surface area contributed by atoms with Gasteiger partial charge in [-0.2, -0.15) is 0 Å². The number of aliphatic hydroxyl groups is 5. The van der Waals surface area contributed by atoms with E-state index in [-0.39, 0.29) is 17.9 Å². The van der Waals surface area contributed by atoms with Gasteiger partial charge in [0.2, 0.25) is 5.91 Å². The summed E-state index contributed by atoms with van der Waals surface area (Å²) >= 11 is 8.34. The maximum absolute atomic E-state index is 12.2. The number of aliphatic hydroxyl groups excluding tert-OH is 5. The molecule has 2 aliphatic carbocycles. The van der Waals surface area contributed by atoms with Crippen molar-refractivity contribution in [2.45, 2.75) is 92.7 Å². The summed E-state index contributed by atoms with van der Waals surface area (Å²) in [7, 11) is 0. The van der Waals surface area contributed by atoms with Gasteiger partial charge < -0.3 is 35.2 Å². The summed E-state index contributed by atoms with van der Waals surface area (Å²) in [6.45, 7) is 0.748.